The molecule has 2 atom stereocenters. The zero-order valence-corrected chi connectivity index (χ0v) is 40.4. The van der Waals surface area contributed by atoms with E-state index in [-0.39, 0.29) is 25.6 Å². The third-order valence-electron chi connectivity index (χ3n) is 11.0. The molecule has 0 spiro atoms. The summed E-state index contributed by atoms with van der Waals surface area (Å²) < 4.78 is 34.4. The molecular weight excluding hydrogens is 762 g/mol. The van der Waals surface area contributed by atoms with E-state index in [1.807, 2.05) is 21.1 Å². The lowest BCUT2D eigenvalue weighted by molar-refractivity contribution is -0.870. The van der Waals surface area contributed by atoms with Gasteiger partial charge in [-0.1, -0.05) is 199 Å². The number of hydrogen-bond donors (Lipinski definition) is 1. The summed E-state index contributed by atoms with van der Waals surface area (Å²) in [6.45, 7) is 4.46. The lowest BCUT2D eigenvalue weighted by atomic mass is 10.0. The molecule has 0 amide bonds. The van der Waals surface area contributed by atoms with Gasteiger partial charge in [0.05, 0.1) is 27.7 Å². The molecule has 0 aromatic carbocycles. The second kappa shape index (κ2) is 42.1. The number of hydrogen-bond acceptors (Lipinski definition) is 7. The smallest absolute Gasteiger partial charge is 0.462 e. The number of rotatable bonds is 46. The van der Waals surface area contributed by atoms with Crippen molar-refractivity contribution in [2.24, 2.45) is 0 Å². The summed E-state index contributed by atoms with van der Waals surface area (Å²) in [5, 5.41) is 0. The number of quaternary nitrogens is 1. The quantitative estimate of drug-likeness (QED) is 0.0212. The maximum atomic E-state index is 12.7. The van der Waals surface area contributed by atoms with Crippen molar-refractivity contribution in [3.05, 3.63) is 12.2 Å². The van der Waals surface area contributed by atoms with Crippen LogP contribution < -0.4 is 0 Å². The van der Waals surface area contributed by atoms with Crippen LogP contribution in [0, 0.1) is 0 Å². The first-order chi connectivity index (χ1) is 28.5. The van der Waals surface area contributed by atoms with E-state index in [4.69, 9.17) is 18.5 Å². The van der Waals surface area contributed by atoms with Crippen molar-refractivity contribution in [2.75, 3.05) is 47.5 Å². The number of unbranched alkanes of at least 4 members (excludes halogenated alkanes) is 30. The Morgan fingerprint density at radius 3 is 1.25 bits per heavy atom. The van der Waals surface area contributed by atoms with E-state index in [9.17, 15) is 19.0 Å². The van der Waals surface area contributed by atoms with E-state index in [2.05, 4.69) is 26.0 Å². The van der Waals surface area contributed by atoms with Gasteiger partial charge < -0.3 is 18.9 Å². The highest BCUT2D eigenvalue weighted by Crippen LogP contribution is 2.43. The molecule has 0 aliphatic rings. The Morgan fingerprint density at radius 2 is 0.864 bits per heavy atom. The highest BCUT2D eigenvalue weighted by molar-refractivity contribution is 7.47. The van der Waals surface area contributed by atoms with Gasteiger partial charge in [0.25, 0.3) is 0 Å². The van der Waals surface area contributed by atoms with Gasteiger partial charge in [-0.25, -0.2) is 4.57 Å². The number of carbonyl (C=O) groups is 2. The molecular formula is C49H97NO8P+. The van der Waals surface area contributed by atoms with E-state index >= 15 is 0 Å². The lowest BCUT2D eigenvalue weighted by Crippen LogP contribution is -2.37. The van der Waals surface area contributed by atoms with Crippen LogP contribution in [0.3, 0.4) is 0 Å². The fourth-order valence-corrected chi connectivity index (χ4v) is 7.87. The van der Waals surface area contributed by atoms with Gasteiger partial charge in [-0.3, -0.25) is 18.6 Å². The van der Waals surface area contributed by atoms with Gasteiger partial charge in [-0.05, 0) is 38.5 Å². The van der Waals surface area contributed by atoms with Crippen molar-refractivity contribution in [2.45, 2.75) is 245 Å². The fraction of sp³-hybridized carbons (Fsp3) is 0.918. The first-order valence-electron chi connectivity index (χ1n) is 24.9. The molecule has 0 aromatic heterocycles. The van der Waals surface area contributed by atoms with Crippen LogP contribution in [0.15, 0.2) is 12.2 Å². The normalized spacial score (nSPS) is 13.5. The van der Waals surface area contributed by atoms with Gasteiger partial charge in [0, 0.05) is 12.8 Å². The summed E-state index contributed by atoms with van der Waals surface area (Å²) in [7, 11) is 1.49. The van der Waals surface area contributed by atoms with Crippen molar-refractivity contribution in [3.63, 3.8) is 0 Å². The van der Waals surface area contributed by atoms with E-state index in [1.165, 1.54) is 173 Å². The molecule has 0 bridgehead atoms. The molecule has 2 unspecified atom stereocenters. The zero-order valence-electron chi connectivity index (χ0n) is 39.5. The molecule has 0 rings (SSSR count). The highest BCUT2D eigenvalue weighted by atomic mass is 31.2. The predicted octanol–water partition coefficient (Wildman–Crippen LogP) is 14.5. The monoisotopic (exact) mass is 859 g/mol. The summed E-state index contributed by atoms with van der Waals surface area (Å²) in [6.07, 6.45) is 45.4. The van der Waals surface area contributed by atoms with Crippen LogP contribution in [-0.4, -0.2) is 74.9 Å². The van der Waals surface area contributed by atoms with Crippen LogP contribution in [0.25, 0.3) is 0 Å². The number of nitrogens with zero attached hydrogens (tertiary/aromatic N) is 1. The molecule has 0 aliphatic heterocycles. The minimum Gasteiger partial charge on any atom is -0.462 e. The molecule has 59 heavy (non-hydrogen) atoms. The summed E-state index contributed by atoms with van der Waals surface area (Å²) in [5.41, 5.74) is 0. The topological polar surface area (TPSA) is 108 Å². The third-order valence-corrected chi connectivity index (χ3v) is 12.0. The predicted molar refractivity (Wildman–Crippen MR) is 248 cm³/mol. The third kappa shape index (κ3) is 46.1. The number of phosphoric acid groups is 1. The maximum Gasteiger partial charge on any atom is 0.472 e. The van der Waals surface area contributed by atoms with E-state index < -0.39 is 26.5 Å². The minimum atomic E-state index is -4.37. The fourth-order valence-electron chi connectivity index (χ4n) is 7.13. The van der Waals surface area contributed by atoms with E-state index in [0.29, 0.717) is 23.9 Å². The first-order valence-corrected chi connectivity index (χ1v) is 26.4. The number of carbonyl (C=O) groups excluding carboxylic acids is 2. The Hall–Kier alpha value is -1.25. The van der Waals surface area contributed by atoms with Crippen LogP contribution in [-0.2, 0) is 32.7 Å². The summed E-state index contributed by atoms with van der Waals surface area (Å²) >= 11 is 0. The Kier molecular flexibility index (Phi) is 41.2. The molecule has 0 radical (unpaired) electrons. The minimum absolute atomic E-state index is 0.0347. The van der Waals surface area contributed by atoms with E-state index in [0.717, 1.165) is 32.1 Å². The Morgan fingerprint density at radius 1 is 0.508 bits per heavy atom. The lowest BCUT2D eigenvalue weighted by Gasteiger charge is -2.24. The second-order valence-corrected chi connectivity index (χ2v) is 19.7. The first kappa shape index (κ1) is 57.8. The maximum absolute atomic E-state index is 12.7. The summed E-state index contributed by atoms with van der Waals surface area (Å²) in [5.74, 6) is -0.787. The molecule has 0 saturated heterocycles. The number of allylic oxidation sites excluding steroid dienone is 2. The largest absolute Gasteiger partial charge is 0.472 e. The van der Waals surface area contributed by atoms with Crippen LogP contribution in [0.5, 0.6) is 0 Å². The number of phosphoric ester groups is 1. The van der Waals surface area contributed by atoms with Gasteiger partial charge in [0.1, 0.15) is 19.8 Å². The van der Waals surface area contributed by atoms with E-state index in [1.54, 1.807) is 0 Å². The van der Waals surface area contributed by atoms with Crippen molar-refractivity contribution in [1.82, 2.24) is 0 Å². The molecule has 0 saturated carbocycles. The van der Waals surface area contributed by atoms with Crippen molar-refractivity contribution in [3.8, 4) is 0 Å². The molecule has 10 heteroatoms. The molecule has 0 aromatic rings. The van der Waals surface area contributed by atoms with Crippen LogP contribution in [0.2, 0.25) is 0 Å². The molecule has 1 N–H and O–H groups in total. The Bertz CT molecular complexity index is 1020. The van der Waals surface area contributed by atoms with Gasteiger partial charge in [0.2, 0.25) is 0 Å². The molecule has 9 nitrogen and oxygen atoms in total. The molecule has 350 valence electrons. The number of likely N-dealkylation sites (N-methyl/N-ethyl adjacent to an activating group) is 1. The second-order valence-electron chi connectivity index (χ2n) is 18.2. The number of esters is 2. The zero-order chi connectivity index (χ0) is 43.6. The van der Waals surface area contributed by atoms with Crippen LogP contribution in [0.4, 0.5) is 0 Å². The SMILES string of the molecule is CCCCCCCCCC/C=C\CCCCCCCCCCCC(=O)OC(COC(=O)CCCCCCCCCCCCCCCC)COP(=O)(O)OCC[N+](C)(C)C. The average Bonchev–Trinajstić information content (AvgIpc) is 3.19. The van der Waals surface area contributed by atoms with Crippen molar-refractivity contribution >= 4 is 19.8 Å². The summed E-state index contributed by atoms with van der Waals surface area (Å²) in [4.78, 5) is 35.5. The van der Waals surface area contributed by atoms with Crippen molar-refractivity contribution < 1.29 is 42.1 Å². The van der Waals surface area contributed by atoms with Gasteiger partial charge >= 0.3 is 19.8 Å². The van der Waals surface area contributed by atoms with Crippen LogP contribution >= 0.6 is 7.82 Å². The summed E-state index contributed by atoms with van der Waals surface area (Å²) in [6, 6.07) is 0. The molecule has 0 fully saturated rings. The highest BCUT2D eigenvalue weighted by Gasteiger charge is 2.27. The Balaban J connectivity index is 4.23. The van der Waals surface area contributed by atoms with Crippen LogP contribution in [0.1, 0.15) is 239 Å². The standard InChI is InChI=1S/C49H96NO8P/c1-6-8-10-12-14-16-18-20-22-23-24-25-26-27-28-30-32-34-36-38-40-42-49(52)58-47(46-57-59(53,54)56-44-43-50(3,4)5)45-55-48(51)41-39-37-35-33-31-29-21-19-17-15-13-11-9-7-2/h23-24,47H,6-22,25-46H2,1-5H3/p+1/b24-23-. The Labute approximate surface area is 365 Å². The van der Waals surface area contributed by atoms with Gasteiger partial charge in [-0.15, -0.1) is 0 Å². The van der Waals surface area contributed by atoms with Gasteiger partial charge in [-0.2, -0.15) is 0 Å². The average molecular weight is 859 g/mol. The molecule has 0 heterocycles. The van der Waals surface area contributed by atoms with Crippen molar-refractivity contribution in [1.29, 1.82) is 0 Å². The number of ether oxygens (including phenoxy) is 2. The van der Waals surface area contributed by atoms with Gasteiger partial charge in [0.15, 0.2) is 6.10 Å². The molecule has 0 aliphatic carbocycles.